The summed E-state index contributed by atoms with van der Waals surface area (Å²) in [6.07, 6.45) is 1.67. The number of rotatable bonds is 6. The second-order valence-corrected chi connectivity index (χ2v) is 6.83. The molecule has 32 heavy (non-hydrogen) atoms. The fraction of sp³-hybridized carbons (Fsp3) is 0.0400. The van der Waals surface area contributed by atoms with Crippen LogP contribution < -0.4 is 9.75 Å². The predicted octanol–water partition coefficient (Wildman–Crippen LogP) is 4.12. The lowest BCUT2D eigenvalue weighted by molar-refractivity contribution is -0.114. The number of nitrogens with zero attached hydrogens (tertiary/aromatic N) is 3. The van der Waals surface area contributed by atoms with E-state index in [1.807, 2.05) is 36.4 Å². The van der Waals surface area contributed by atoms with Gasteiger partial charge in [0.15, 0.2) is 6.61 Å². The van der Waals surface area contributed by atoms with Gasteiger partial charge in [-0.1, -0.05) is 54.6 Å². The first-order valence-corrected chi connectivity index (χ1v) is 9.71. The number of benzene rings is 3. The zero-order valence-electron chi connectivity index (χ0n) is 16.8. The molecule has 1 heterocycles. The molecule has 0 atom stereocenters. The Kier molecular flexibility index (Phi) is 5.77. The molecule has 0 saturated carbocycles. The van der Waals surface area contributed by atoms with Gasteiger partial charge < -0.3 is 9.84 Å². The normalized spacial score (nSPS) is 14.2. The van der Waals surface area contributed by atoms with Gasteiger partial charge in [0.25, 0.3) is 5.91 Å². The molecular weight excluding hydrogens is 406 g/mol. The minimum absolute atomic E-state index is 0.0550. The molecule has 1 amide bonds. The molecule has 4 rings (SSSR count). The Morgan fingerprint density at radius 1 is 1.06 bits per heavy atom. The van der Waals surface area contributed by atoms with Crippen molar-refractivity contribution in [3.8, 4) is 11.8 Å². The van der Waals surface area contributed by atoms with E-state index >= 15 is 0 Å². The number of amides is 1. The van der Waals surface area contributed by atoms with Crippen LogP contribution in [0.4, 0.5) is 5.69 Å². The largest absolute Gasteiger partial charge is 0.478 e. The Labute approximate surface area is 184 Å². The Morgan fingerprint density at radius 3 is 2.56 bits per heavy atom. The fourth-order valence-electron chi connectivity index (χ4n) is 3.30. The second kappa shape index (κ2) is 8.98. The van der Waals surface area contributed by atoms with Crippen molar-refractivity contribution < 1.29 is 19.4 Å². The van der Waals surface area contributed by atoms with E-state index in [0.717, 1.165) is 5.56 Å². The lowest BCUT2D eigenvalue weighted by Gasteiger charge is -2.12. The van der Waals surface area contributed by atoms with Crippen LogP contribution in [-0.4, -0.2) is 29.3 Å². The molecule has 3 aromatic carbocycles. The first-order chi connectivity index (χ1) is 15.6. The molecule has 0 radical (unpaired) electrons. The van der Waals surface area contributed by atoms with Crippen molar-refractivity contribution in [2.45, 2.75) is 0 Å². The predicted molar refractivity (Wildman–Crippen MR) is 119 cm³/mol. The van der Waals surface area contributed by atoms with E-state index in [-0.39, 0.29) is 12.2 Å². The number of carbonyl (C=O) groups excluding carboxylic acids is 1. The van der Waals surface area contributed by atoms with Gasteiger partial charge in [-0.05, 0) is 30.3 Å². The second-order valence-electron chi connectivity index (χ2n) is 6.83. The Hall–Kier alpha value is -4.70. The van der Waals surface area contributed by atoms with E-state index < -0.39 is 11.9 Å². The van der Waals surface area contributed by atoms with Crippen molar-refractivity contribution in [1.29, 1.82) is 5.26 Å². The number of hydrazone groups is 1. The van der Waals surface area contributed by atoms with Crippen LogP contribution >= 0.6 is 0 Å². The van der Waals surface area contributed by atoms with Crippen molar-refractivity contribution >= 4 is 29.4 Å². The van der Waals surface area contributed by atoms with Gasteiger partial charge in [0, 0.05) is 11.1 Å². The van der Waals surface area contributed by atoms with Gasteiger partial charge in [-0.25, -0.2) is 4.79 Å². The maximum absolute atomic E-state index is 13.4. The minimum atomic E-state index is -1.09. The molecule has 0 bridgehead atoms. The zero-order valence-corrected chi connectivity index (χ0v) is 16.8. The molecule has 0 unspecified atom stereocenters. The lowest BCUT2D eigenvalue weighted by atomic mass is 10.00. The molecule has 0 aromatic heterocycles. The van der Waals surface area contributed by atoms with Crippen molar-refractivity contribution in [2.24, 2.45) is 5.10 Å². The summed E-state index contributed by atoms with van der Waals surface area (Å²) in [6.45, 7) is -0.123. The average molecular weight is 423 g/mol. The number of nitriles is 1. The summed E-state index contributed by atoms with van der Waals surface area (Å²) >= 11 is 0. The van der Waals surface area contributed by atoms with Crippen molar-refractivity contribution in [3.63, 3.8) is 0 Å². The lowest BCUT2D eigenvalue weighted by Crippen LogP contribution is -2.21. The van der Waals surface area contributed by atoms with Crippen molar-refractivity contribution in [2.75, 3.05) is 11.6 Å². The van der Waals surface area contributed by atoms with Gasteiger partial charge >= 0.3 is 5.97 Å². The zero-order chi connectivity index (χ0) is 22.5. The smallest absolute Gasteiger partial charge is 0.335 e. The van der Waals surface area contributed by atoms with Crippen LogP contribution in [0.1, 0.15) is 21.5 Å². The highest BCUT2D eigenvalue weighted by Gasteiger charge is 2.32. The molecule has 1 aliphatic heterocycles. The Bertz CT molecular complexity index is 1290. The maximum Gasteiger partial charge on any atom is 0.335 e. The summed E-state index contributed by atoms with van der Waals surface area (Å²) in [5.41, 5.74) is 2.53. The molecule has 3 aromatic rings. The average Bonchev–Trinajstić information content (AvgIpc) is 3.15. The highest BCUT2D eigenvalue weighted by Crippen LogP contribution is 2.30. The minimum Gasteiger partial charge on any atom is -0.478 e. The Morgan fingerprint density at radius 2 is 1.81 bits per heavy atom. The van der Waals surface area contributed by atoms with Crippen LogP contribution in [0.15, 0.2) is 89.5 Å². The summed E-state index contributed by atoms with van der Waals surface area (Å²) in [7, 11) is 0. The van der Waals surface area contributed by atoms with Crippen molar-refractivity contribution in [3.05, 3.63) is 101 Å². The van der Waals surface area contributed by atoms with E-state index in [0.29, 0.717) is 28.3 Å². The molecule has 7 heteroatoms. The molecule has 0 aliphatic carbocycles. The quantitative estimate of drug-likeness (QED) is 0.601. The summed E-state index contributed by atoms with van der Waals surface area (Å²) < 4.78 is 5.49. The number of carbonyl (C=O) groups is 2. The first-order valence-electron chi connectivity index (χ1n) is 9.71. The van der Waals surface area contributed by atoms with Gasteiger partial charge in [0.05, 0.1) is 16.8 Å². The van der Waals surface area contributed by atoms with Crippen LogP contribution in [0.3, 0.4) is 0 Å². The molecular formula is C25H17N3O4. The SMILES string of the molecule is N#CCOc1ccccc1/C=C1/C(=O)N(c2cccc(C(=O)O)c2)N=C1c1ccccc1. The maximum atomic E-state index is 13.4. The van der Waals surface area contributed by atoms with Crippen LogP contribution in [0.25, 0.3) is 6.08 Å². The molecule has 7 nitrogen and oxygen atoms in total. The molecule has 1 N–H and O–H groups in total. The molecule has 0 spiro atoms. The topological polar surface area (TPSA) is 103 Å². The van der Waals surface area contributed by atoms with E-state index in [4.69, 9.17) is 10.00 Å². The molecule has 0 fully saturated rings. The number of anilines is 1. The highest BCUT2D eigenvalue weighted by atomic mass is 16.5. The summed E-state index contributed by atoms with van der Waals surface area (Å²) in [6, 6.07) is 24.3. The van der Waals surface area contributed by atoms with Gasteiger partial charge in [0.1, 0.15) is 17.5 Å². The van der Waals surface area contributed by atoms with E-state index in [1.54, 1.807) is 42.5 Å². The van der Waals surface area contributed by atoms with Crippen LogP contribution in [-0.2, 0) is 4.79 Å². The third-order valence-electron chi connectivity index (χ3n) is 4.77. The molecule has 1 aliphatic rings. The summed E-state index contributed by atoms with van der Waals surface area (Å²) in [5, 5.41) is 23.9. The fourth-order valence-corrected chi connectivity index (χ4v) is 3.30. The van der Waals surface area contributed by atoms with Gasteiger partial charge in [0.2, 0.25) is 0 Å². The third kappa shape index (κ3) is 4.11. The first kappa shape index (κ1) is 20.6. The highest BCUT2D eigenvalue weighted by molar-refractivity contribution is 6.37. The standard InChI is InChI=1S/C25H17N3O4/c26-13-14-32-22-12-5-4-9-18(22)16-21-23(17-7-2-1-3-8-17)27-28(24(21)29)20-11-6-10-19(15-20)25(30)31/h1-12,15-16H,14H2,(H,30,31)/b21-16+. The summed E-state index contributed by atoms with van der Waals surface area (Å²) in [4.78, 5) is 24.8. The van der Waals surface area contributed by atoms with Gasteiger partial charge in [-0.3, -0.25) is 4.79 Å². The number of aromatic carboxylic acids is 1. The third-order valence-corrected chi connectivity index (χ3v) is 4.77. The summed E-state index contributed by atoms with van der Waals surface area (Å²) in [5.74, 6) is -1.03. The number of carboxylic acid groups (broad SMARTS) is 1. The molecule has 156 valence electrons. The van der Waals surface area contributed by atoms with E-state index in [9.17, 15) is 14.7 Å². The Balaban J connectivity index is 1.82. The van der Waals surface area contributed by atoms with E-state index in [1.165, 1.54) is 17.1 Å². The number of para-hydroxylation sites is 1. The number of hydrogen-bond donors (Lipinski definition) is 1. The number of carboxylic acids is 1. The number of ether oxygens (including phenoxy) is 1. The van der Waals surface area contributed by atoms with E-state index in [2.05, 4.69) is 5.10 Å². The van der Waals surface area contributed by atoms with Crippen LogP contribution in [0.5, 0.6) is 5.75 Å². The van der Waals surface area contributed by atoms with Gasteiger partial charge in [-0.2, -0.15) is 15.4 Å². The number of hydrogen-bond acceptors (Lipinski definition) is 5. The van der Waals surface area contributed by atoms with Crippen LogP contribution in [0, 0.1) is 11.3 Å². The van der Waals surface area contributed by atoms with Gasteiger partial charge in [-0.15, -0.1) is 0 Å². The molecule has 0 saturated heterocycles. The monoisotopic (exact) mass is 423 g/mol. The van der Waals surface area contributed by atoms with Crippen LogP contribution in [0.2, 0.25) is 0 Å². The van der Waals surface area contributed by atoms with Crippen molar-refractivity contribution in [1.82, 2.24) is 0 Å².